The maximum absolute atomic E-state index is 11.9. The second-order valence-electron chi connectivity index (χ2n) is 5.99. The molecule has 4 atom stereocenters. The lowest BCUT2D eigenvalue weighted by atomic mass is 9.85. The van der Waals surface area contributed by atoms with E-state index in [1.807, 2.05) is 13.0 Å². The average Bonchev–Trinajstić information content (AvgIpc) is 2.69. The number of ether oxygens (including phenoxy) is 2. The molecule has 0 radical (unpaired) electrons. The first-order chi connectivity index (χ1) is 10.3. The fourth-order valence-corrected chi connectivity index (χ4v) is 2.91. The number of esters is 2. The number of aliphatic hydroxyl groups is 1. The van der Waals surface area contributed by atoms with Gasteiger partial charge in [0.25, 0.3) is 0 Å². The third kappa shape index (κ3) is 3.47. The van der Waals surface area contributed by atoms with Crippen molar-refractivity contribution in [2.45, 2.75) is 51.9 Å². The van der Waals surface area contributed by atoms with Crippen LogP contribution in [0.25, 0.3) is 0 Å². The van der Waals surface area contributed by atoms with Crippen molar-refractivity contribution in [3.8, 4) is 0 Å². The minimum Gasteiger partial charge on any atom is -0.461 e. The van der Waals surface area contributed by atoms with Gasteiger partial charge in [0.1, 0.15) is 12.2 Å². The van der Waals surface area contributed by atoms with Crippen molar-refractivity contribution in [3.63, 3.8) is 0 Å². The van der Waals surface area contributed by atoms with Gasteiger partial charge in [0.05, 0.1) is 12.0 Å². The molecule has 1 saturated heterocycles. The van der Waals surface area contributed by atoms with E-state index in [1.54, 1.807) is 13.0 Å². The van der Waals surface area contributed by atoms with E-state index in [1.165, 1.54) is 6.92 Å². The number of fused-ring (bicyclic) bond motifs is 1. The number of aliphatic hydroxyl groups excluding tert-OH is 1. The minimum atomic E-state index is -0.617. The Morgan fingerprint density at radius 1 is 1.45 bits per heavy atom. The number of carbonyl (C=O) groups is 2. The lowest BCUT2D eigenvalue weighted by Gasteiger charge is -2.27. The van der Waals surface area contributed by atoms with Crippen LogP contribution in [-0.2, 0) is 19.1 Å². The van der Waals surface area contributed by atoms with Gasteiger partial charge in [0.15, 0.2) is 0 Å². The molecule has 22 heavy (non-hydrogen) atoms. The molecule has 0 spiro atoms. The van der Waals surface area contributed by atoms with Gasteiger partial charge in [-0.05, 0) is 31.9 Å². The van der Waals surface area contributed by atoms with E-state index in [-0.39, 0.29) is 0 Å². The van der Waals surface area contributed by atoms with E-state index in [4.69, 9.17) is 9.47 Å². The zero-order valence-corrected chi connectivity index (χ0v) is 13.2. The SMILES string of the molecule is C=C1C(=O)O[C@@H]2C=C(C)[C@@H](O)CC=C(C)C[C@H](OC(C)=O)[C@@H]12. The van der Waals surface area contributed by atoms with Gasteiger partial charge in [-0.15, -0.1) is 0 Å². The molecule has 1 fully saturated rings. The second kappa shape index (κ2) is 6.48. The van der Waals surface area contributed by atoms with Crippen molar-refractivity contribution in [2.75, 3.05) is 0 Å². The molecule has 0 bridgehead atoms. The van der Waals surface area contributed by atoms with E-state index in [9.17, 15) is 14.7 Å². The largest absolute Gasteiger partial charge is 0.461 e. The Hall–Kier alpha value is -1.88. The molecule has 120 valence electrons. The maximum Gasteiger partial charge on any atom is 0.334 e. The summed E-state index contributed by atoms with van der Waals surface area (Å²) in [7, 11) is 0. The Balaban J connectivity index is 2.43. The molecule has 1 N–H and O–H groups in total. The first-order valence-electron chi connectivity index (χ1n) is 7.38. The molecule has 0 aromatic heterocycles. The van der Waals surface area contributed by atoms with Gasteiger partial charge in [-0.2, -0.15) is 0 Å². The zero-order chi connectivity index (χ0) is 16.4. The molecule has 0 saturated carbocycles. The van der Waals surface area contributed by atoms with Crippen LogP contribution in [0.2, 0.25) is 0 Å². The first-order valence-corrected chi connectivity index (χ1v) is 7.38. The standard InChI is InChI=1S/C17H22O5/c1-9-5-6-13(19)10(2)8-15-16(11(3)17(20)22-15)14(7-9)21-12(4)18/h5,8,13-16,19H,3,6-7H2,1-2,4H3/t13-,14-,15+,16+/m0/s1. The molecule has 0 unspecified atom stereocenters. The quantitative estimate of drug-likeness (QED) is 0.456. The Morgan fingerprint density at radius 2 is 2.14 bits per heavy atom. The van der Waals surface area contributed by atoms with Gasteiger partial charge in [-0.1, -0.05) is 18.2 Å². The molecule has 2 aliphatic rings. The van der Waals surface area contributed by atoms with Crippen LogP contribution in [0.3, 0.4) is 0 Å². The average molecular weight is 306 g/mol. The highest BCUT2D eigenvalue weighted by Crippen LogP contribution is 2.36. The van der Waals surface area contributed by atoms with Crippen molar-refractivity contribution in [3.05, 3.63) is 35.5 Å². The molecule has 0 aromatic carbocycles. The van der Waals surface area contributed by atoms with Gasteiger partial charge >= 0.3 is 11.9 Å². The molecule has 0 aromatic rings. The highest BCUT2D eigenvalue weighted by Gasteiger charge is 2.44. The second-order valence-corrected chi connectivity index (χ2v) is 5.99. The maximum atomic E-state index is 11.9. The summed E-state index contributed by atoms with van der Waals surface area (Å²) in [6.07, 6.45) is 2.94. The van der Waals surface area contributed by atoms with Crippen LogP contribution < -0.4 is 0 Å². The van der Waals surface area contributed by atoms with Crippen LogP contribution in [0.5, 0.6) is 0 Å². The van der Waals surface area contributed by atoms with Crippen molar-refractivity contribution < 1.29 is 24.2 Å². The monoisotopic (exact) mass is 306 g/mol. The van der Waals surface area contributed by atoms with E-state index >= 15 is 0 Å². The summed E-state index contributed by atoms with van der Waals surface area (Å²) in [6.45, 7) is 8.85. The molecular formula is C17H22O5. The number of hydrogen-bond donors (Lipinski definition) is 1. The summed E-state index contributed by atoms with van der Waals surface area (Å²) in [5.41, 5.74) is 2.03. The fraction of sp³-hybridized carbons (Fsp3) is 0.529. The third-order valence-electron chi connectivity index (χ3n) is 4.15. The van der Waals surface area contributed by atoms with Crippen LogP contribution in [0, 0.1) is 5.92 Å². The van der Waals surface area contributed by atoms with Crippen molar-refractivity contribution >= 4 is 11.9 Å². The summed E-state index contributed by atoms with van der Waals surface area (Å²) in [5, 5.41) is 10.1. The highest BCUT2D eigenvalue weighted by molar-refractivity contribution is 5.91. The molecular weight excluding hydrogens is 284 g/mol. The number of hydrogen-bond acceptors (Lipinski definition) is 5. The van der Waals surface area contributed by atoms with E-state index < -0.39 is 36.2 Å². The predicted octanol–water partition coefficient (Wildman–Crippen LogP) is 2.06. The van der Waals surface area contributed by atoms with Crippen molar-refractivity contribution in [1.82, 2.24) is 0 Å². The fourth-order valence-electron chi connectivity index (χ4n) is 2.91. The van der Waals surface area contributed by atoms with Crippen LogP contribution in [0.4, 0.5) is 0 Å². The highest BCUT2D eigenvalue weighted by atomic mass is 16.6. The lowest BCUT2D eigenvalue weighted by molar-refractivity contribution is -0.149. The zero-order valence-electron chi connectivity index (χ0n) is 13.2. The lowest BCUT2D eigenvalue weighted by Crippen LogP contribution is -2.33. The number of carbonyl (C=O) groups excluding carboxylic acids is 2. The van der Waals surface area contributed by atoms with E-state index in [2.05, 4.69) is 6.58 Å². The molecule has 5 heteroatoms. The molecule has 1 aliphatic carbocycles. The Morgan fingerprint density at radius 3 is 2.77 bits per heavy atom. The Kier molecular flexibility index (Phi) is 4.86. The van der Waals surface area contributed by atoms with Crippen LogP contribution >= 0.6 is 0 Å². The number of rotatable bonds is 1. The van der Waals surface area contributed by atoms with E-state index in [0.29, 0.717) is 18.4 Å². The summed E-state index contributed by atoms with van der Waals surface area (Å²) in [6, 6.07) is 0. The molecule has 0 amide bonds. The first kappa shape index (κ1) is 16.5. The molecule has 2 rings (SSSR count). The minimum absolute atomic E-state index is 0.308. The van der Waals surface area contributed by atoms with Crippen LogP contribution in [0.1, 0.15) is 33.6 Å². The molecule has 1 heterocycles. The van der Waals surface area contributed by atoms with Gasteiger partial charge in [-0.3, -0.25) is 4.79 Å². The van der Waals surface area contributed by atoms with E-state index in [0.717, 1.165) is 11.1 Å². The topological polar surface area (TPSA) is 72.8 Å². The summed E-state index contributed by atoms with van der Waals surface area (Å²) >= 11 is 0. The molecule has 1 aliphatic heterocycles. The van der Waals surface area contributed by atoms with Crippen LogP contribution in [-0.4, -0.2) is 35.4 Å². The molecule has 5 nitrogen and oxygen atoms in total. The van der Waals surface area contributed by atoms with Gasteiger partial charge in [0.2, 0.25) is 0 Å². The van der Waals surface area contributed by atoms with Crippen LogP contribution in [0.15, 0.2) is 35.5 Å². The summed E-state index contributed by atoms with van der Waals surface area (Å²) in [5.74, 6) is -1.31. The normalized spacial score (nSPS) is 32.5. The summed E-state index contributed by atoms with van der Waals surface area (Å²) < 4.78 is 10.8. The van der Waals surface area contributed by atoms with Gasteiger partial charge in [-0.25, -0.2) is 4.79 Å². The van der Waals surface area contributed by atoms with Crippen molar-refractivity contribution in [2.24, 2.45) is 5.92 Å². The van der Waals surface area contributed by atoms with Gasteiger partial charge in [0, 0.05) is 18.9 Å². The Bertz CT molecular complexity index is 557. The predicted molar refractivity (Wildman–Crippen MR) is 80.8 cm³/mol. The Labute approximate surface area is 130 Å². The van der Waals surface area contributed by atoms with Gasteiger partial charge < -0.3 is 14.6 Å². The smallest absolute Gasteiger partial charge is 0.334 e. The van der Waals surface area contributed by atoms with Crippen molar-refractivity contribution in [1.29, 1.82) is 0 Å². The summed E-state index contributed by atoms with van der Waals surface area (Å²) in [4.78, 5) is 23.3. The third-order valence-corrected chi connectivity index (χ3v) is 4.15.